The topological polar surface area (TPSA) is 93.4 Å². The lowest BCUT2D eigenvalue weighted by atomic mass is 10.0. The molecule has 4 N–H and O–H groups in total. The number of anilines is 4. The highest BCUT2D eigenvalue weighted by molar-refractivity contribution is 6.07. The van der Waals surface area contributed by atoms with Gasteiger partial charge in [0, 0.05) is 11.4 Å². The van der Waals surface area contributed by atoms with Crippen molar-refractivity contribution >= 4 is 34.6 Å². The van der Waals surface area contributed by atoms with Crippen LogP contribution in [-0.4, -0.2) is 19.0 Å². The first kappa shape index (κ1) is 19.9. The van der Waals surface area contributed by atoms with E-state index in [-0.39, 0.29) is 11.1 Å². The third kappa shape index (κ3) is 4.73. The molecule has 29 heavy (non-hydrogen) atoms. The molecule has 0 bridgehead atoms. The van der Waals surface area contributed by atoms with Crippen molar-refractivity contribution in [1.29, 1.82) is 0 Å². The highest BCUT2D eigenvalue weighted by atomic mass is 16.5. The van der Waals surface area contributed by atoms with Crippen molar-refractivity contribution in [2.24, 2.45) is 5.73 Å². The zero-order valence-corrected chi connectivity index (χ0v) is 16.6. The van der Waals surface area contributed by atoms with E-state index in [1.54, 1.807) is 12.1 Å². The number of benzene rings is 3. The van der Waals surface area contributed by atoms with Crippen LogP contribution in [0.3, 0.4) is 0 Å². The van der Waals surface area contributed by atoms with Crippen LogP contribution in [0.4, 0.5) is 22.7 Å². The fraction of sp³-hybridized carbons (Fsp3) is 0.130. The Morgan fingerprint density at radius 2 is 1.17 bits per heavy atom. The van der Waals surface area contributed by atoms with Crippen LogP contribution in [0.2, 0.25) is 0 Å². The molecule has 6 nitrogen and oxygen atoms in total. The molecule has 0 fully saturated rings. The van der Waals surface area contributed by atoms with Gasteiger partial charge in [0.15, 0.2) is 0 Å². The molecule has 0 aliphatic heterocycles. The van der Waals surface area contributed by atoms with Crippen molar-refractivity contribution in [3.63, 3.8) is 0 Å². The first-order valence-corrected chi connectivity index (χ1v) is 9.11. The Hall–Kier alpha value is -3.80. The maximum atomic E-state index is 12.2. The molecule has 0 radical (unpaired) electrons. The molecule has 0 saturated carbocycles. The fourth-order valence-corrected chi connectivity index (χ4v) is 2.87. The van der Waals surface area contributed by atoms with Gasteiger partial charge in [0.1, 0.15) is 0 Å². The second kappa shape index (κ2) is 8.48. The van der Waals surface area contributed by atoms with E-state index in [4.69, 9.17) is 10.5 Å². The predicted octanol–water partition coefficient (Wildman–Crippen LogP) is 4.68. The standard InChI is InChI=1S/C23H23N3O3/c1-14-4-8-16(9-5-14)25-20-12-18(22(24)27)19(23(28)29-3)13-21(20)26-17-10-6-15(2)7-11-17/h4-13,25-26H,1-3H3,(H2,24,27). The van der Waals surface area contributed by atoms with Crippen LogP contribution in [0.15, 0.2) is 60.7 Å². The molecule has 6 heteroatoms. The summed E-state index contributed by atoms with van der Waals surface area (Å²) >= 11 is 0. The molecule has 0 atom stereocenters. The van der Waals surface area contributed by atoms with Gasteiger partial charge in [0.2, 0.25) is 5.91 Å². The summed E-state index contributed by atoms with van der Waals surface area (Å²) in [4.78, 5) is 24.2. The zero-order chi connectivity index (χ0) is 21.0. The average Bonchev–Trinajstić information content (AvgIpc) is 2.71. The summed E-state index contributed by atoms with van der Waals surface area (Å²) in [7, 11) is 1.26. The van der Waals surface area contributed by atoms with Crippen molar-refractivity contribution in [2.75, 3.05) is 17.7 Å². The second-order valence-corrected chi connectivity index (χ2v) is 6.78. The van der Waals surface area contributed by atoms with Crippen molar-refractivity contribution in [3.8, 4) is 0 Å². The van der Waals surface area contributed by atoms with Crippen LogP contribution in [-0.2, 0) is 4.74 Å². The van der Waals surface area contributed by atoms with Gasteiger partial charge in [-0.05, 0) is 50.2 Å². The summed E-state index contributed by atoms with van der Waals surface area (Å²) in [5, 5.41) is 6.58. The van der Waals surface area contributed by atoms with Crippen molar-refractivity contribution < 1.29 is 14.3 Å². The lowest BCUT2D eigenvalue weighted by Gasteiger charge is -2.17. The first-order chi connectivity index (χ1) is 13.9. The number of primary amides is 1. The lowest BCUT2D eigenvalue weighted by molar-refractivity contribution is 0.0597. The Bertz CT molecular complexity index is 1040. The number of hydrogen-bond donors (Lipinski definition) is 3. The number of esters is 1. The molecule has 0 aliphatic carbocycles. The average molecular weight is 389 g/mol. The number of amides is 1. The number of rotatable bonds is 6. The Morgan fingerprint density at radius 3 is 1.55 bits per heavy atom. The van der Waals surface area contributed by atoms with Gasteiger partial charge in [0.05, 0.1) is 29.6 Å². The van der Waals surface area contributed by atoms with Crippen molar-refractivity contribution in [1.82, 2.24) is 0 Å². The van der Waals surface area contributed by atoms with Crippen LogP contribution >= 0.6 is 0 Å². The number of hydrogen-bond acceptors (Lipinski definition) is 5. The van der Waals surface area contributed by atoms with Gasteiger partial charge >= 0.3 is 5.97 Å². The summed E-state index contributed by atoms with van der Waals surface area (Å²) < 4.78 is 4.82. The SMILES string of the molecule is COC(=O)c1cc(Nc2ccc(C)cc2)c(Nc2ccc(C)cc2)cc1C(N)=O. The molecule has 0 saturated heterocycles. The zero-order valence-electron chi connectivity index (χ0n) is 16.6. The molecule has 1 amide bonds. The number of ether oxygens (including phenoxy) is 1. The quantitative estimate of drug-likeness (QED) is 0.533. The van der Waals surface area contributed by atoms with Crippen LogP contribution in [0.5, 0.6) is 0 Å². The molecular weight excluding hydrogens is 366 g/mol. The third-order valence-corrected chi connectivity index (χ3v) is 4.49. The molecule has 148 valence electrons. The molecule has 0 spiro atoms. The van der Waals surface area contributed by atoms with Crippen LogP contribution in [0.1, 0.15) is 31.8 Å². The van der Waals surface area contributed by atoms with E-state index >= 15 is 0 Å². The van der Waals surface area contributed by atoms with E-state index in [2.05, 4.69) is 10.6 Å². The Kier molecular flexibility index (Phi) is 5.83. The molecule has 3 aromatic rings. The van der Waals surface area contributed by atoms with E-state index in [0.717, 1.165) is 22.5 Å². The molecular formula is C23H23N3O3. The first-order valence-electron chi connectivity index (χ1n) is 9.11. The van der Waals surface area contributed by atoms with Gasteiger partial charge in [-0.2, -0.15) is 0 Å². The maximum absolute atomic E-state index is 12.2. The van der Waals surface area contributed by atoms with E-state index in [0.29, 0.717) is 11.4 Å². The summed E-state index contributed by atoms with van der Waals surface area (Å²) in [5.41, 5.74) is 10.9. The third-order valence-electron chi connectivity index (χ3n) is 4.49. The number of carbonyl (C=O) groups is 2. The van der Waals surface area contributed by atoms with Crippen molar-refractivity contribution in [2.45, 2.75) is 13.8 Å². The van der Waals surface area contributed by atoms with Crippen molar-refractivity contribution in [3.05, 3.63) is 82.9 Å². The maximum Gasteiger partial charge on any atom is 0.338 e. The molecule has 0 unspecified atom stereocenters. The van der Waals surface area contributed by atoms with Gasteiger partial charge in [-0.3, -0.25) is 4.79 Å². The number of nitrogens with one attached hydrogen (secondary N) is 2. The lowest BCUT2D eigenvalue weighted by Crippen LogP contribution is -2.18. The minimum absolute atomic E-state index is 0.0842. The minimum atomic E-state index is -0.709. The predicted molar refractivity (Wildman–Crippen MR) is 115 cm³/mol. The summed E-state index contributed by atoms with van der Waals surface area (Å²) in [5.74, 6) is -1.34. The molecule has 3 aromatic carbocycles. The number of aryl methyl sites for hydroxylation is 2. The summed E-state index contributed by atoms with van der Waals surface area (Å²) in [6.45, 7) is 4.01. The monoisotopic (exact) mass is 389 g/mol. The number of nitrogens with two attached hydrogens (primary N) is 1. The number of carbonyl (C=O) groups excluding carboxylic acids is 2. The number of methoxy groups -OCH3 is 1. The van der Waals surface area contributed by atoms with Crippen LogP contribution in [0, 0.1) is 13.8 Å². The van der Waals surface area contributed by atoms with Gasteiger partial charge in [-0.25, -0.2) is 4.79 Å². The second-order valence-electron chi connectivity index (χ2n) is 6.78. The smallest absolute Gasteiger partial charge is 0.338 e. The molecule has 3 rings (SSSR count). The Morgan fingerprint density at radius 1 is 0.759 bits per heavy atom. The highest BCUT2D eigenvalue weighted by Crippen LogP contribution is 2.32. The summed E-state index contributed by atoms with van der Waals surface area (Å²) in [6, 6.07) is 18.8. The minimum Gasteiger partial charge on any atom is -0.465 e. The molecule has 0 aliphatic rings. The van der Waals surface area contributed by atoms with Gasteiger partial charge in [-0.1, -0.05) is 35.4 Å². The van der Waals surface area contributed by atoms with E-state index in [9.17, 15) is 9.59 Å². The van der Waals surface area contributed by atoms with Gasteiger partial charge < -0.3 is 21.1 Å². The molecule has 0 aromatic heterocycles. The fourth-order valence-electron chi connectivity index (χ4n) is 2.87. The van der Waals surface area contributed by atoms with Gasteiger partial charge in [-0.15, -0.1) is 0 Å². The van der Waals surface area contributed by atoms with E-state index < -0.39 is 11.9 Å². The van der Waals surface area contributed by atoms with E-state index in [1.165, 1.54) is 7.11 Å². The molecule has 0 heterocycles. The Labute approximate surface area is 169 Å². The largest absolute Gasteiger partial charge is 0.465 e. The highest BCUT2D eigenvalue weighted by Gasteiger charge is 2.20. The van der Waals surface area contributed by atoms with Crippen LogP contribution in [0.25, 0.3) is 0 Å². The Balaban J connectivity index is 2.09. The van der Waals surface area contributed by atoms with E-state index in [1.807, 2.05) is 62.4 Å². The summed E-state index contributed by atoms with van der Waals surface area (Å²) in [6.07, 6.45) is 0. The van der Waals surface area contributed by atoms with Gasteiger partial charge in [0.25, 0.3) is 0 Å². The van der Waals surface area contributed by atoms with Crippen LogP contribution < -0.4 is 16.4 Å². The normalized spacial score (nSPS) is 10.3.